The zero-order chi connectivity index (χ0) is 25.4. The van der Waals surface area contributed by atoms with Crippen LogP contribution in [0.2, 0.25) is 0 Å². The number of para-hydroxylation sites is 1. The van der Waals surface area contributed by atoms with Gasteiger partial charge in [-0.3, -0.25) is 9.69 Å². The number of benzene rings is 2. The van der Waals surface area contributed by atoms with Gasteiger partial charge in [-0.05, 0) is 29.3 Å². The smallest absolute Gasteiger partial charge is 0.481 e. The molecule has 4 rings (SSSR count). The van der Waals surface area contributed by atoms with Crippen LogP contribution in [0.5, 0.6) is 11.6 Å². The molecule has 0 radical (unpaired) electrons. The second kappa shape index (κ2) is 8.75. The average molecular weight is 484 g/mol. The fraction of sp³-hybridized carbons (Fsp3) is 0.167. The second-order valence-corrected chi connectivity index (χ2v) is 7.60. The molecule has 11 heteroatoms. The molecule has 1 atom stereocenters. The molecule has 8 nitrogen and oxygen atoms in total. The molecule has 1 aliphatic rings. The minimum atomic E-state index is -5.24. The van der Waals surface area contributed by atoms with Crippen molar-refractivity contribution in [2.45, 2.75) is 11.7 Å². The van der Waals surface area contributed by atoms with Crippen LogP contribution in [0.15, 0.2) is 71.9 Å². The molecule has 0 saturated carbocycles. The molecule has 0 fully saturated rings. The number of alkyl halides is 3. The van der Waals surface area contributed by atoms with Gasteiger partial charge >= 0.3 is 12.1 Å². The number of likely N-dealkylation sites (N-methyl/N-ethyl adjacent to an activating group) is 1. The van der Waals surface area contributed by atoms with Gasteiger partial charge in [-0.1, -0.05) is 36.4 Å². The normalized spacial score (nSPS) is 17.8. The van der Waals surface area contributed by atoms with Crippen molar-refractivity contribution in [1.29, 1.82) is 0 Å². The lowest BCUT2D eigenvalue weighted by Gasteiger charge is -2.28. The topological polar surface area (TPSA) is 107 Å². The molecule has 2 heterocycles. The summed E-state index contributed by atoms with van der Waals surface area (Å²) in [6.07, 6.45) is -3.66. The third kappa shape index (κ3) is 4.16. The highest BCUT2D eigenvalue weighted by Gasteiger charge is 2.52. The molecule has 1 aliphatic heterocycles. The van der Waals surface area contributed by atoms with Crippen LogP contribution in [0.1, 0.15) is 11.1 Å². The summed E-state index contributed by atoms with van der Waals surface area (Å²) in [5.41, 5.74) is 5.65. The number of amides is 1. The van der Waals surface area contributed by atoms with Gasteiger partial charge in [0.2, 0.25) is 5.88 Å². The van der Waals surface area contributed by atoms with E-state index in [4.69, 9.17) is 10.5 Å². The van der Waals surface area contributed by atoms with Crippen LogP contribution >= 0.6 is 0 Å². The van der Waals surface area contributed by atoms with Crippen LogP contribution in [0.3, 0.4) is 0 Å². The number of aromatic nitrogens is 1. The van der Waals surface area contributed by atoms with Crippen LogP contribution in [0, 0.1) is 0 Å². The zero-order valence-electron chi connectivity index (χ0n) is 18.5. The van der Waals surface area contributed by atoms with Gasteiger partial charge < -0.3 is 15.2 Å². The van der Waals surface area contributed by atoms with Gasteiger partial charge in [0.15, 0.2) is 11.5 Å². The van der Waals surface area contributed by atoms with E-state index >= 15 is 0 Å². The van der Waals surface area contributed by atoms with Gasteiger partial charge in [-0.2, -0.15) is 13.2 Å². The fourth-order valence-corrected chi connectivity index (χ4v) is 3.77. The van der Waals surface area contributed by atoms with Crippen LogP contribution < -0.4 is 15.2 Å². The van der Waals surface area contributed by atoms with E-state index < -0.39 is 29.3 Å². The zero-order valence-corrected chi connectivity index (χ0v) is 18.5. The van der Waals surface area contributed by atoms with Crippen LogP contribution in [0.4, 0.5) is 13.2 Å². The molecule has 1 amide bonds. The third-order valence-electron chi connectivity index (χ3n) is 5.51. The quantitative estimate of drug-likeness (QED) is 0.440. The van der Waals surface area contributed by atoms with Crippen molar-refractivity contribution in [2.24, 2.45) is 10.7 Å². The summed E-state index contributed by atoms with van der Waals surface area (Å²) >= 11 is 0. The summed E-state index contributed by atoms with van der Waals surface area (Å²) in [5, 5.41) is 0. The van der Waals surface area contributed by atoms with Crippen molar-refractivity contribution in [3.05, 3.63) is 78.0 Å². The Labute approximate surface area is 197 Å². The summed E-state index contributed by atoms with van der Waals surface area (Å²) in [4.78, 5) is 34.8. The summed E-state index contributed by atoms with van der Waals surface area (Å²) in [5.74, 6) is -3.26. The summed E-state index contributed by atoms with van der Waals surface area (Å²) < 4.78 is 48.6. The molecule has 180 valence electrons. The average Bonchev–Trinajstić information content (AvgIpc) is 3.08. The Bertz CT molecular complexity index is 1320. The number of esters is 1. The number of pyridine rings is 1. The van der Waals surface area contributed by atoms with Crippen molar-refractivity contribution < 1.29 is 32.2 Å². The number of hydrogen-bond donors (Lipinski definition) is 1. The maximum absolute atomic E-state index is 13.5. The Balaban J connectivity index is 1.90. The Morgan fingerprint density at radius 2 is 1.80 bits per heavy atom. The summed E-state index contributed by atoms with van der Waals surface area (Å²) in [6, 6.07) is 15.5. The van der Waals surface area contributed by atoms with Gasteiger partial charge in [-0.15, -0.1) is 0 Å². The van der Waals surface area contributed by atoms with E-state index in [0.717, 1.165) is 11.0 Å². The first-order chi connectivity index (χ1) is 16.6. The minimum Gasteiger partial charge on any atom is -0.481 e. The monoisotopic (exact) mass is 484 g/mol. The number of nitrogens with two attached hydrogens (primary N) is 1. The van der Waals surface area contributed by atoms with E-state index in [1.54, 1.807) is 42.6 Å². The highest BCUT2D eigenvalue weighted by molar-refractivity contribution is 6.09. The Hall–Kier alpha value is -4.41. The fourth-order valence-electron chi connectivity index (χ4n) is 3.77. The molecular weight excluding hydrogens is 465 g/mol. The van der Waals surface area contributed by atoms with Crippen LogP contribution in [-0.2, 0) is 15.1 Å². The number of carbonyl (C=O) groups is 2. The second-order valence-electron chi connectivity index (χ2n) is 7.60. The highest BCUT2D eigenvalue weighted by atomic mass is 19.4. The number of aliphatic imine (C=N–C) groups is 1. The number of methoxy groups -OCH3 is 1. The lowest BCUT2D eigenvalue weighted by molar-refractivity contribution is -0.189. The van der Waals surface area contributed by atoms with Gasteiger partial charge in [0, 0.05) is 30.4 Å². The van der Waals surface area contributed by atoms with E-state index in [1.807, 2.05) is 0 Å². The van der Waals surface area contributed by atoms with Crippen molar-refractivity contribution in [3.8, 4) is 22.8 Å². The summed E-state index contributed by atoms with van der Waals surface area (Å²) in [6.45, 7) is 0. The van der Waals surface area contributed by atoms with Crippen LogP contribution in [0.25, 0.3) is 11.1 Å². The Morgan fingerprint density at radius 1 is 1.06 bits per heavy atom. The molecule has 0 bridgehead atoms. The van der Waals surface area contributed by atoms with Gasteiger partial charge in [0.1, 0.15) is 5.75 Å². The predicted octanol–water partition coefficient (Wildman–Crippen LogP) is 3.26. The number of rotatable bonds is 5. The van der Waals surface area contributed by atoms with Gasteiger partial charge in [0.05, 0.1) is 7.11 Å². The van der Waals surface area contributed by atoms with E-state index in [0.29, 0.717) is 22.6 Å². The van der Waals surface area contributed by atoms with E-state index in [2.05, 4.69) is 14.7 Å². The number of guanidine groups is 1. The lowest BCUT2D eigenvalue weighted by atomic mass is 9.81. The molecule has 1 aromatic heterocycles. The molecule has 35 heavy (non-hydrogen) atoms. The van der Waals surface area contributed by atoms with Crippen molar-refractivity contribution in [1.82, 2.24) is 9.88 Å². The number of carbonyl (C=O) groups excluding carboxylic acids is 2. The highest BCUT2D eigenvalue weighted by Crippen LogP contribution is 2.44. The SMILES string of the molecule is COc1ccc(-c2cccc(C3(c4ccccc4OC(=O)C(F)(F)F)N=C(N)N(C)C3=O)c2)cn1. The number of hydrogen-bond acceptors (Lipinski definition) is 7. The molecule has 0 saturated heterocycles. The molecular formula is C24H19F3N4O4. The van der Waals surface area contributed by atoms with E-state index in [9.17, 15) is 22.8 Å². The van der Waals surface area contributed by atoms with Gasteiger partial charge in [-0.25, -0.2) is 14.8 Å². The molecule has 3 aromatic rings. The summed E-state index contributed by atoms with van der Waals surface area (Å²) in [7, 11) is 2.88. The molecule has 1 unspecified atom stereocenters. The van der Waals surface area contributed by atoms with Crippen molar-refractivity contribution in [2.75, 3.05) is 14.2 Å². The first-order valence-electron chi connectivity index (χ1n) is 10.2. The third-order valence-corrected chi connectivity index (χ3v) is 5.51. The first-order valence-corrected chi connectivity index (χ1v) is 10.2. The van der Waals surface area contributed by atoms with E-state index in [-0.39, 0.29) is 11.5 Å². The maximum atomic E-state index is 13.5. The molecule has 2 N–H and O–H groups in total. The Morgan fingerprint density at radius 3 is 2.40 bits per heavy atom. The predicted molar refractivity (Wildman–Crippen MR) is 120 cm³/mol. The lowest BCUT2D eigenvalue weighted by Crippen LogP contribution is -2.41. The molecule has 0 aliphatic carbocycles. The number of nitrogens with zero attached hydrogens (tertiary/aromatic N) is 3. The molecule has 0 spiro atoms. The van der Waals surface area contributed by atoms with Gasteiger partial charge in [0.25, 0.3) is 5.91 Å². The van der Waals surface area contributed by atoms with Crippen LogP contribution in [-0.4, -0.2) is 48.1 Å². The standard InChI is InChI=1S/C24H19F3N4O4/c1-31-20(32)23(30-22(31)28,17-8-3-4-9-18(17)35-21(33)24(25,26)27)16-7-5-6-14(12-16)15-10-11-19(34-2)29-13-15/h3-13H,1-2H3,(H2,28,30). The minimum absolute atomic E-state index is 0.0695. The van der Waals surface area contributed by atoms with E-state index in [1.165, 1.54) is 32.4 Å². The largest absolute Gasteiger partial charge is 0.491 e. The first kappa shape index (κ1) is 23.7. The maximum Gasteiger partial charge on any atom is 0.491 e. The molecule has 2 aromatic carbocycles. The van der Waals surface area contributed by atoms with Crippen molar-refractivity contribution in [3.63, 3.8) is 0 Å². The number of halogens is 3. The Kier molecular flexibility index (Phi) is 5.93. The number of ether oxygens (including phenoxy) is 2. The van der Waals surface area contributed by atoms with Crippen molar-refractivity contribution >= 4 is 17.8 Å².